The van der Waals surface area contributed by atoms with E-state index in [9.17, 15) is 14.4 Å². The van der Waals surface area contributed by atoms with Crippen LogP contribution in [0.4, 0.5) is 0 Å². The van der Waals surface area contributed by atoms with E-state index in [1.54, 1.807) is 0 Å². The molecule has 0 aromatic heterocycles. The largest absolute Gasteiger partial charge is 0.462 e. The number of hydrogen-bond donors (Lipinski definition) is 0. The molecule has 0 aromatic carbocycles. The van der Waals surface area contributed by atoms with Crippen molar-refractivity contribution in [1.82, 2.24) is 0 Å². The molecular formula is C65H124O6. The molecule has 71 heavy (non-hydrogen) atoms. The van der Waals surface area contributed by atoms with E-state index in [0.717, 1.165) is 70.6 Å². The van der Waals surface area contributed by atoms with Gasteiger partial charge < -0.3 is 14.2 Å². The summed E-state index contributed by atoms with van der Waals surface area (Å²) in [5.74, 6) is -0.849. The van der Waals surface area contributed by atoms with E-state index in [0.29, 0.717) is 19.3 Å². The average molecular weight is 1000 g/mol. The van der Waals surface area contributed by atoms with Gasteiger partial charge in [0.1, 0.15) is 13.2 Å². The van der Waals surface area contributed by atoms with Crippen molar-refractivity contribution < 1.29 is 28.6 Å². The monoisotopic (exact) mass is 1000 g/mol. The van der Waals surface area contributed by atoms with Gasteiger partial charge in [-0.05, 0) is 38.5 Å². The highest BCUT2D eigenvalue weighted by molar-refractivity contribution is 5.71. The lowest BCUT2D eigenvalue weighted by atomic mass is 10.0. The number of allylic oxidation sites excluding steroid dienone is 2. The first kappa shape index (κ1) is 69.2. The molecule has 0 amide bonds. The summed E-state index contributed by atoms with van der Waals surface area (Å²) in [6, 6.07) is 0. The van der Waals surface area contributed by atoms with E-state index in [-0.39, 0.29) is 31.1 Å². The molecule has 420 valence electrons. The first-order valence-electron chi connectivity index (χ1n) is 32.2. The molecule has 0 saturated carbocycles. The molecule has 1 atom stereocenters. The number of hydrogen-bond acceptors (Lipinski definition) is 6. The van der Waals surface area contributed by atoms with Crippen LogP contribution in [0.25, 0.3) is 0 Å². The smallest absolute Gasteiger partial charge is 0.306 e. The van der Waals surface area contributed by atoms with E-state index >= 15 is 0 Å². The molecule has 0 aliphatic rings. The molecule has 1 unspecified atom stereocenters. The van der Waals surface area contributed by atoms with Gasteiger partial charge in [-0.25, -0.2) is 0 Å². The Morgan fingerprint density at radius 2 is 0.493 bits per heavy atom. The number of unbranched alkanes of at least 4 members (excludes halogenated alkanes) is 47. The fourth-order valence-electron chi connectivity index (χ4n) is 9.92. The first-order valence-corrected chi connectivity index (χ1v) is 32.2. The highest BCUT2D eigenvalue weighted by Crippen LogP contribution is 2.18. The summed E-state index contributed by atoms with van der Waals surface area (Å²) in [6.45, 7) is 6.65. The maximum absolute atomic E-state index is 12.9. The molecule has 0 saturated heterocycles. The van der Waals surface area contributed by atoms with Crippen LogP contribution < -0.4 is 0 Å². The fourth-order valence-corrected chi connectivity index (χ4v) is 9.92. The third-order valence-corrected chi connectivity index (χ3v) is 14.8. The third-order valence-electron chi connectivity index (χ3n) is 14.8. The van der Waals surface area contributed by atoms with Gasteiger partial charge in [0.2, 0.25) is 0 Å². The van der Waals surface area contributed by atoms with Gasteiger partial charge in [0.05, 0.1) is 0 Å². The summed E-state index contributed by atoms with van der Waals surface area (Å²) in [5, 5.41) is 0. The second-order valence-corrected chi connectivity index (χ2v) is 22.0. The van der Waals surface area contributed by atoms with Crippen molar-refractivity contribution in [2.75, 3.05) is 13.2 Å². The fraction of sp³-hybridized carbons (Fsp3) is 0.923. The Morgan fingerprint density at radius 3 is 0.761 bits per heavy atom. The van der Waals surface area contributed by atoms with Crippen molar-refractivity contribution in [2.45, 2.75) is 374 Å². The van der Waals surface area contributed by atoms with E-state index in [2.05, 4.69) is 32.9 Å². The van der Waals surface area contributed by atoms with Crippen molar-refractivity contribution in [2.24, 2.45) is 0 Å². The summed E-state index contributed by atoms with van der Waals surface area (Å²) in [5.41, 5.74) is 0. The number of carbonyl (C=O) groups is 3. The standard InChI is InChI=1S/C65H124O6/c1-4-7-10-13-16-19-22-24-26-28-30-31-32-33-34-35-36-38-39-41-43-46-49-52-55-58-64(67)70-61-62(60-69-63(66)57-54-51-48-45-21-18-15-12-9-6-3)71-65(68)59-56-53-50-47-44-42-40-37-29-27-25-23-20-17-14-11-8-5-2/h12,15,62H,4-11,13-14,16-61H2,1-3H3/b15-12-. The Labute approximate surface area is 443 Å². The quantitative estimate of drug-likeness (QED) is 0.0261. The molecular weight excluding hydrogens is 877 g/mol. The SMILES string of the molecule is CCC/C=C\CCCCCCCC(=O)OCC(COC(=O)CCCCCCCCCCCCCCCCCCCCCCCCCCC)OC(=O)CCCCCCCCCCCCCCCCCCCC. The molecule has 0 N–H and O–H groups in total. The molecule has 0 heterocycles. The topological polar surface area (TPSA) is 78.9 Å². The van der Waals surface area contributed by atoms with Crippen molar-refractivity contribution in [1.29, 1.82) is 0 Å². The Hall–Kier alpha value is -1.85. The van der Waals surface area contributed by atoms with Gasteiger partial charge in [-0.1, -0.05) is 322 Å². The highest BCUT2D eigenvalue weighted by Gasteiger charge is 2.19. The maximum atomic E-state index is 12.9. The van der Waals surface area contributed by atoms with Gasteiger partial charge in [-0.3, -0.25) is 14.4 Å². The molecule has 0 aliphatic heterocycles. The lowest BCUT2D eigenvalue weighted by Gasteiger charge is -2.18. The van der Waals surface area contributed by atoms with Crippen molar-refractivity contribution in [3.05, 3.63) is 12.2 Å². The predicted octanol–water partition coefficient (Wildman–Crippen LogP) is 21.7. The normalized spacial score (nSPS) is 12.0. The number of ether oxygens (including phenoxy) is 3. The van der Waals surface area contributed by atoms with Gasteiger partial charge in [0.15, 0.2) is 6.10 Å². The maximum Gasteiger partial charge on any atom is 0.306 e. The Morgan fingerprint density at radius 1 is 0.268 bits per heavy atom. The molecule has 0 rings (SSSR count). The zero-order chi connectivity index (χ0) is 51.4. The van der Waals surface area contributed by atoms with E-state index in [1.807, 2.05) is 0 Å². The summed E-state index contributed by atoms with van der Waals surface area (Å²) in [4.78, 5) is 38.2. The number of esters is 3. The van der Waals surface area contributed by atoms with Crippen LogP contribution in [-0.2, 0) is 28.6 Å². The van der Waals surface area contributed by atoms with Crippen LogP contribution in [0.3, 0.4) is 0 Å². The molecule has 0 radical (unpaired) electrons. The molecule has 0 spiro atoms. The average Bonchev–Trinajstić information content (AvgIpc) is 3.37. The van der Waals surface area contributed by atoms with Crippen LogP contribution >= 0.6 is 0 Å². The van der Waals surface area contributed by atoms with E-state index in [1.165, 1.54) is 257 Å². The number of rotatable bonds is 60. The van der Waals surface area contributed by atoms with Crippen molar-refractivity contribution >= 4 is 17.9 Å². The number of carbonyl (C=O) groups excluding carboxylic acids is 3. The Kier molecular flexibility index (Phi) is 59.1. The van der Waals surface area contributed by atoms with Crippen LogP contribution in [0.5, 0.6) is 0 Å². The zero-order valence-corrected chi connectivity index (χ0v) is 48.3. The third kappa shape index (κ3) is 58.9. The van der Waals surface area contributed by atoms with Gasteiger partial charge in [0.25, 0.3) is 0 Å². The minimum Gasteiger partial charge on any atom is -0.462 e. The van der Waals surface area contributed by atoms with Crippen LogP contribution in [-0.4, -0.2) is 37.2 Å². The Bertz CT molecular complexity index is 1100. The van der Waals surface area contributed by atoms with E-state index in [4.69, 9.17) is 14.2 Å². The summed E-state index contributed by atoms with van der Waals surface area (Å²) >= 11 is 0. The Balaban J connectivity index is 4.14. The minimum absolute atomic E-state index is 0.0663. The van der Waals surface area contributed by atoms with Gasteiger partial charge in [-0.15, -0.1) is 0 Å². The summed E-state index contributed by atoms with van der Waals surface area (Å²) in [7, 11) is 0. The molecule has 0 fully saturated rings. The summed E-state index contributed by atoms with van der Waals surface area (Å²) < 4.78 is 16.9. The lowest BCUT2D eigenvalue weighted by molar-refractivity contribution is -0.167. The molecule has 0 aromatic rings. The lowest BCUT2D eigenvalue weighted by Crippen LogP contribution is -2.30. The van der Waals surface area contributed by atoms with Gasteiger partial charge in [0, 0.05) is 19.3 Å². The zero-order valence-electron chi connectivity index (χ0n) is 48.3. The van der Waals surface area contributed by atoms with Gasteiger partial charge in [-0.2, -0.15) is 0 Å². The van der Waals surface area contributed by atoms with Crippen LogP contribution in [0.2, 0.25) is 0 Å². The highest BCUT2D eigenvalue weighted by atomic mass is 16.6. The van der Waals surface area contributed by atoms with Crippen molar-refractivity contribution in [3.63, 3.8) is 0 Å². The second-order valence-electron chi connectivity index (χ2n) is 22.0. The van der Waals surface area contributed by atoms with Crippen LogP contribution in [0.15, 0.2) is 12.2 Å². The molecule has 6 nitrogen and oxygen atoms in total. The van der Waals surface area contributed by atoms with E-state index < -0.39 is 6.10 Å². The molecule has 6 heteroatoms. The predicted molar refractivity (Wildman–Crippen MR) is 307 cm³/mol. The molecule has 0 aliphatic carbocycles. The first-order chi connectivity index (χ1) is 35.0. The minimum atomic E-state index is -0.768. The van der Waals surface area contributed by atoms with Crippen LogP contribution in [0.1, 0.15) is 367 Å². The van der Waals surface area contributed by atoms with Crippen molar-refractivity contribution in [3.8, 4) is 0 Å². The second kappa shape index (κ2) is 60.7. The van der Waals surface area contributed by atoms with Gasteiger partial charge >= 0.3 is 17.9 Å². The van der Waals surface area contributed by atoms with Crippen LogP contribution in [0, 0.1) is 0 Å². The molecule has 0 bridgehead atoms. The summed E-state index contributed by atoms with van der Waals surface area (Å²) in [6.07, 6.45) is 71.0.